The lowest BCUT2D eigenvalue weighted by Crippen LogP contribution is -2.44. The first-order chi connectivity index (χ1) is 8.53. The van der Waals surface area contributed by atoms with Gasteiger partial charge < -0.3 is 9.47 Å². The van der Waals surface area contributed by atoms with Crippen LogP contribution >= 0.6 is 0 Å². The van der Waals surface area contributed by atoms with Gasteiger partial charge in [-0.2, -0.15) is 0 Å². The van der Waals surface area contributed by atoms with Crippen LogP contribution in [0.2, 0.25) is 0 Å². The zero-order valence-electron chi connectivity index (χ0n) is 10.8. The quantitative estimate of drug-likeness (QED) is 0.745. The predicted octanol–water partition coefficient (Wildman–Crippen LogP) is 1.35. The van der Waals surface area contributed by atoms with Crippen molar-refractivity contribution in [1.82, 2.24) is 4.90 Å². The number of amides is 1. The van der Waals surface area contributed by atoms with E-state index in [1.165, 1.54) is 0 Å². The minimum atomic E-state index is -0.402. The first-order valence-corrected chi connectivity index (χ1v) is 6.67. The van der Waals surface area contributed by atoms with Gasteiger partial charge in [0, 0.05) is 6.54 Å². The highest BCUT2D eigenvalue weighted by Crippen LogP contribution is 2.46. The molecule has 0 bridgehead atoms. The predicted molar refractivity (Wildman–Crippen MR) is 63.1 cm³/mol. The second-order valence-corrected chi connectivity index (χ2v) is 5.83. The zero-order chi connectivity index (χ0) is 12.9. The van der Waals surface area contributed by atoms with Gasteiger partial charge in [-0.05, 0) is 25.2 Å². The molecule has 5 heteroatoms. The standard InChI is InChI=1S/C13H19NO4/c1-8(2)13(4-5-13)18-12(16)14-6-3-10-11(14)9(15)7-17-10/h8,10-11H,3-7H2,1-2H3/t10-,11-/m1/s1. The van der Waals surface area contributed by atoms with Crippen LogP contribution in [0.5, 0.6) is 0 Å². The van der Waals surface area contributed by atoms with Crippen molar-refractivity contribution in [2.24, 2.45) is 5.92 Å². The van der Waals surface area contributed by atoms with Crippen molar-refractivity contribution >= 4 is 11.9 Å². The average Bonchev–Trinajstić information content (AvgIpc) is 2.84. The van der Waals surface area contributed by atoms with E-state index < -0.39 is 6.04 Å². The Labute approximate surface area is 106 Å². The smallest absolute Gasteiger partial charge is 0.411 e. The normalized spacial score (nSPS) is 32.8. The fraction of sp³-hybridized carbons (Fsp3) is 0.846. The maximum Gasteiger partial charge on any atom is 0.411 e. The summed E-state index contributed by atoms with van der Waals surface area (Å²) in [4.78, 5) is 25.5. The van der Waals surface area contributed by atoms with Crippen LogP contribution in [0, 0.1) is 5.92 Å². The van der Waals surface area contributed by atoms with Crippen molar-refractivity contribution in [3.05, 3.63) is 0 Å². The number of carbonyl (C=O) groups is 2. The molecule has 3 fully saturated rings. The molecule has 0 radical (unpaired) electrons. The summed E-state index contributed by atoms with van der Waals surface area (Å²) in [5.74, 6) is 0.333. The van der Waals surface area contributed by atoms with Crippen LogP contribution in [0.4, 0.5) is 4.79 Å². The molecule has 0 aromatic heterocycles. The zero-order valence-corrected chi connectivity index (χ0v) is 10.8. The first-order valence-electron chi connectivity index (χ1n) is 6.67. The summed E-state index contributed by atoms with van der Waals surface area (Å²) in [6, 6.07) is -0.402. The number of fused-ring (bicyclic) bond motifs is 1. The number of Topliss-reactive ketones (excluding diaryl/α,β-unsaturated/α-hetero) is 1. The molecule has 1 aliphatic carbocycles. The lowest BCUT2D eigenvalue weighted by Gasteiger charge is -2.26. The number of carbonyl (C=O) groups excluding carboxylic acids is 2. The van der Waals surface area contributed by atoms with Gasteiger partial charge >= 0.3 is 6.09 Å². The van der Waals surface area contributed by atoms with E-state index in [4.69, 9.17) is 9.47 Å². The molecule has 0 unspecified atom stereocenters. The average molecular weight is 253 g/mol. The SMILES string of the molecule is CC(C)C1(OC(=O)N2CC[C@H]3OCC(=O)[C@H]32)CC1. The molecule has 3 aliphatic rings. The minimum Gasteiger partial charge on any atom is -0.443 e. The van der Waals surface area contributed by atoms with Gasteiger partial charge in [0.2, 0.25) is 0 Å². The number of likely N-dealkylation sites (tertiary alicyclic amines) is 1. The Kier molecular flexibility index (Phi) is 2.62. The molecule has 0 aromatic carbocycles. The maximum absolute atomic E-state index is 12.2. The maximum atomic E-state index is 12.2. The van der Waals surface area contributed by atoms with Crippen LogP contribution in [0.25, 0.3) is 0 Å². The van der Waals surface area contributed by atoms with E-state index in [0.29, 0.717) is 12.5 Å². The number of rotatable bonds is 2. The molecule has 100 valence electrons. The summed E-state index contributed by atoms with van der Waals surface area (Å²) in [5.41, 5.74) is -0.280. The van der Waals surface area contributed by atoms with E-state index >= 15 is 0 Å². The third-order valence-corrected chi connectivity index (χ3v) is 4.43. The highest BCUT2D eigenvalue weighted by Gasteiger charge is 2.53. The molecule has 1 amide bonds. The van der Waals surface area contributed by atoms with Crippen LogP contribution in [0.3, 0.4) is 0 Å². The van der Waals surface area contributed by atoms with Crippen LogP contribution in [0.15, 0.2) is 0 Å². The molecule has 2 saturated heterocycles. The summed E-state index contributed by atoms with van der Waals surface area (Å²) in [5, 5.41) is 0. The topological polar surface area (TPSA) is 55.8 Å². The Morgan fingerprint density at radius 2 is 2.22 bits per heavy atom. The monoisotopic (exact) mass is 253 g/mol. The minimum absolute atomic E-state index is 0.00356. The van der Waals surface area contributed by atoms with Gasteiger partial charge in [-0.15, -0.1) is 0 Å². The Balaban J connectivity index is 1.68. The molecule has 18 heavy (non-hydrogen) atoms. The molecular formula is C13H19NO4. The molecule has 3 rings (SSSR count). The van der Waals surface area contributed by atoms with Gasteiger partial charge in [-0.1, -0.05) is 13.8 Å². The largest absolute Gasteiger partial charge is 0.443 e. The lowest BCUT2D eigenvalue weighted by atomic mass is 10.1. The molecule has 0 aromatic rings. The van der Waals surface area contributed by atoms with Gasteiger partial charge in [0.1, 0.15) is 18.2 Å². The molecule has 1 saturated carbocycles. The summed E-state index contributed by atoms with van der Waals surface area (Å²) in [6.07, 6.45) is 2.15. The Morgan fingerprint density at radius 1 is 1.50 bits per heavy atom. The van der Waals surface area contributed by atoms with Gasteiger partial charge in [-0.25, -0.2) is 4.79 Å². The van der Waals surface area contributed by atoms with Gasteiger partial charge in [0.25, 0.3) is 0 Å². The van der Waals surface area contributed by atoms with E-state index in [1.54, 1.807) is 4.90 Å². The van der Waals surface area contributed by atoms with Crippen LogP contribution < -0.4 is 0 Å². The molecule has 0 N–H and O–H groups in total. The summed E-state index contributed by atoms with van der Waals surface area (Å²) >= 11 is 0. The molecular weight excluding hydrogens is 234 g/mol. The van der Waals surface area contributed by atoms with Crippen LogP contribution in [-0.2, 0) is 14.3 Å². The molecule has 5 nitrogen and oxygen atoms in total. The Hall–Kier alpha value is -1.10. The molecule has 2 atom stereocenters. The van der Waals surface area contributed by atoms with Crippen molar-refractivity contribution in [3.8, 4) is 0 Å². The number of ketones is 1. The van der Waals surface area contributed by atoms with Crippen molar-refractivity contribution in [3.63, 3.8) is 0 Å². The number of ether oxygens (including phenoxy) is 2. The van der Waals surface area contributed by atoms with Crippen molar-refractivity contribution in [2.45, 2.75) is 50.9 Å². The fourth-order valence-electron chi connectivity index (χ4n) is 2.95. The van der Waals surface area contributed by atoms with Crippen LogP contribution in [-0.4, -0.2) is 47.7 Å². The summed E-state index contributed by atoms with van der Waals surface area (Å²) in [7, 11) is 0. The highest BCUT2D eigenvalue weighted by molar-refractivity contribution is 5.91. The van der Waals surface area contributed by atoms with E-state index in [2.05, 4.69) is 13.8 Å². The third-order valence-electron chi connectivity index (χ3n) is 4.43. The third kappa shape index (κ3) is 1.72. The number of nitrogens with zero attached hydrogens (tertiary/aromatic N) is 1. The van der Waals surface area contributed by atoms with Gasteiger partial charge in [0.15, 0.2) is 5.78 Å². The summed E-state index contributed by atoms with van der Waals surface area (Å²) < 4.78 is 11.0. The highest BCUT2D eigenvalue weighted by atomic mass is 16.6. The molecule has 0 spiro atoms. The lowest BCUT2D eigenvalue weighted by molar-refractivity contribution is -0.121. The van der Waals surface area contributed by atoms with E-state index in [0.717, 1.165) is 19.3 Å². The Bertz CT molecular complexity index is 388. The van der Waals surface area contributed by atoms with Crippen molar-refractivity contribution < 1.29 is 19.1 Å². The fourth-order valence-corrected chi connectivity index (χ4v) is 2.95. The van der Waals surface area contributed by atoms with E-state index in [-0.39, 0.29) is 30.2 Å². The van der Waals surface area contributed by atoms with Crippen LogP contribution in [0.1, 0.15) is 33.1 Å². The second kappa shape index (κ2) is 3.95. The number of hydrogen-bond acceptors (Lipinski definition) is 4. The van der Waals surface area contributed by atoms with Gasteiger partial charge in [-0.3, -0.25) is 9.69 Å². The summed E-state index contributed by atoms with van der Waals surface area (Å²) in [6.45, 7) is 4.83. The van der Waals surface area contributed by atoms with Crippen molar-refractivity contribution in [1.29, 1.82) is 0 Å². The van der Waals surface area contributed by atoms with E-state index in [9.17, 15) is 9.59 Å². The van der Waals surface area contributed by atoms with Crippen molar-refractivity contribution in [2.75, 3.05) is 13.2 Å². The molecule has 2 aliphatic heterocycles. The second-order valence-electron chi connectivity index (χ2n) is 5.83. The molecule has 2 heterocycles. The van der Waals surface area contributed by atoms with Gasteiger partial charge in [0.05, 0.1) is 6.10 Å². The number of hydrogen-bond donors (Lipinski definition) is 0. The first kappa shape index (κ1) is 12.0. The Morgan fingerprint density at radius 3 is 2.83 bits per heavy atom. The van der Waals surface area contributed by atoms with E-state index in [1.807, 2.05) is 0 Å².